The molecule has 1 aliphatic rings. The van der Waals surface area contributed by atoms with E-state index in [1.807, 2.05) is 55.5 Å². The summed E-state index contributed by atoms with van der Waals surface area (Å²) in [5.41, 5.74) is 0.901. The highest BCUT2D eigenvalue weighted by Crippen LogP contribution is 2.42. The quantitative estimate of drug-likeness (QED) is 0.314. The van der Waals surface area contributed by atoms with Crippen molar-refractivity contribution in [3.05, 3.63) is 71.3 Å². The summed E-state index contributed by atoms with van der Waals surface area (Å²) in [5.74, 6) is 2.49. The van der Waals surface area contributed by atoms with Gasteiger partial charge in [0, 0.05) is 11.6 Å². The molecule has 0 saturated heterocycles. The summed E-state index contributed by atoms with van der Waals surface area (Å²) in [7, 11) is 0. The summed E-state index contributed by atoms with van der Waals surface area (Å²) >= 11 is 7.76. The molecule has 1 saturated carbocycles. The highest BCUT2D eigenvalue weighted by Gasteiger charge is 2.31. The van der Waals surface area contributed by atoms with Crippen LogP contribution in [0.25, 0.3) is 11.5 Å². The maximum atomic E-state index is 6.20. The molecular formula is C22H20ClN5O2S. The molecule has 7 nitrogen and oxygen atoms in total. The van der Waals surface area contributed by atoms with Crippen LogP contribution in [0.4, 0.5) is 0 Å². The number of hydrogen-bond donors (Lipinski definition) is 0. The van der Waals surface area contributed by atoms with Crippen LogP contribution >= 0.6 is 23.4 Å². The van der Waals surface area contributed by atoms with Gasteiger partial charge in [-0.2, -0.15) is 0 Å². The van der Waals surface area contributed by atoms with Crippen LogP contribution < -0.4 is 4.74 Å². The first-order valence-electron chi connectivity index (χ1n) is 10.1. The second kappa shape index (κ2) is 8.72. The third-order valence-electron chi connectivity index (χ3n) is 4.93. The van der Waals surface area contributed by atoms with Gasteiger partial charge in [0.2, 0.25) is 11.8 Å². The molecule has 5 rings (SSSR count). The Hall–Kier alpha value is -2.84. The Morgan fingerprint density at radius 3 is 2.61 bits per heavy atom. The number of rotatable bonds is 8. The Morgan fingerprint density at radius 1 is 1.06 bits per heavy atom. The second-order valence-corrected chi connectivity index (χ2v) is 9.01. The molecule has 4 aromatic rings. The van der Waals surface area contributed by atoms with E-state index in [1.165, 1.54) is 0 Å². The van der Waals surface area contributed by atoms with Gasteiger partial charge in [-0.15, -0.1) is 20.4 Å². The van der Waals surface area contributed by atoms with Crippen LogP contribution in [0, 0.1) is 0 Å². The smallest absolute Gasteiger partial charge is 0.247 e. The fourth-order valence-electron chi connectivity index (χ4n) is 3.19. The van der Waals surface area contributed by atoms with Crippen LogP contribution in [0.5, 0.6) is 5.75 Å². The number of halogens is 1. The largest absolute Gasteiger partial charge is 0.484 e. The van der Waals surface area contributed by atoms with Gasteiger partial charge in [0.15, 0.2) is 11.0 Å². The van der Waals surface area contributed by atoms with E-state index in [0.717, 1.165) is 29.4 Å². The van der Waals surface area contributed by atoms with Crippen molar-refractivity contribution in [1.82, 2.24) is 25.0 Å². The summed E-state index contributed by atoms with van der Waals surface area (Å²) in [4.78, 5) is 0. The molecule has 2 heterocycles. The van der Waals surface area contributed by atoms with E-state index in [9.17, 15) is 0 Å². The summed E-state index contributed by atoms with van der Waals surface area (Å²) in [5, 5.41) is 18.6. The topological polar surface area (TPSA) is 78.9 Å². The normalized spacial score (nSPS) is 14.5. The van der Waals surface area contributed by atoms with Gasteiger partial charge in [-0.05, 0) is 44.0 Å². The predicted octanol–water partition coefficient (Wildman–Crippen LogP) is 5.75. The molecule has 31 heavy (non-hydrogen) atoms. The van der Waals surface area contributed by atoms with E-state index in [2.05, 4.69) is 25.0 Å². The Morgan fingerprint density at radius 2 is 1.84 bits per heavy atom. The number of hydrogen-bond acceptors (Lipinski definition) is 7. The molecule has 1 fully saturated rings. The minimum Gasteiger partial charge on any atom is -0.484 e. The minimum absolute atomic E-state index is 0.0657. The number of benzene rings is 2. The van der Waals surface area contributed by atoms with Crippen molar-refractivity contribution in [1.29, 1.82) is 0 Å². The number of aromatic nitrogens is 5. The maximum absolute atomic E-state index is 6.20. The fourth-order valence-corrected chi connectivity index (χ4v) is 4.35. The molecule has 1 aliphatic carbocycles. The van der Waals surface area contributed by atoms with Gasteiger partial charge in [-0.25, -0.2) is 0 Å². The van der Waals surface area contributed by atoms with E-state index >= 15 is 0 Å². The number of ether oxygens (including phenoxy) is 1. The van der Waals surface area contributed by atoms with Gasteiger partial charge in [0.05, 0.1) is 10.3 Å². The molecule has 0 radical (unpaired) electrons. The van der Waals surface area contributed by atoms with Crippen LogP contribution in [0.1, 0.15) is 42.8 Å². The lowest BCUT2D eigenvalue weighted by atomic mass is 10.2. The van der Waals surface area contributed by atoms with Crippen LogP contribution in [-0.2, 0) is 6.61 Å². The molecule has 0 bridgehead atoms. The van der Waals surface area contributed by atoms with Crippen molar-refractivity contribution in [2.24, 2.45) is 0 Å². The molecule has 1 atom stereocenters. The Bertz CT molecular complexity index is 1180. The molecule has 0 aliphatic heterocycles. The first kappa shape index (κ1) is 20.1. The number of thioether (sulfide) groups is 1. The van der Waals surface area contributed by atoms with Crippen molar-refractivity contribution in [3.63, 3.8) is 0 Å². The van der Waals surface area contributed by atoms with Gasteiger partial charge in [-0.3, -0.25) is 4.57 Å². The standard InChI is InChI=1S/C22H20ClN5O2S/c1-14(20-25-26-21(30-20)15-7-3-2-4-8-15)31-22-27-24-19(28(22)16-11-12-16)13-29-18-10-6-5-9-17(18)23/h2-10,14,16H,11-13H2,1H3/t14-/m0/s1. The first-order valence-corrected chi connectivity index (χ1v) is 11.3. The zero-order chi connectivity index (χ0) is 21.2. The van der Waals surface area contributed by atoms with Gasteiger partial charge in [0.1, 0.15) is 12.4 Å². The number of nitrogens with zero attached hydrogens (tertiary/aromatic N) is 5. The zero-order valence-corrected chi connectivity index (χ0v) is 18.4. The molecule has 0 spiro atoms. The molecule has 0 N–H and O–H groups in total. The van der Waals surface area contributed by atoms with E-state index in [-0.39, 0.29) is 5.25 Å². The summed E-state index contributed by atoms with van der Waals surface area (Å²) in [6.07, 6.45) is 2.22. The fraction of sp³-hybridized carbons (Fsp3) is 0.273. The SMILES string of the molecule is C[C@H](Sc1nnc(COc2ccccc2Cl)n1C1CC1)c1nnc(-c2ccccc2)o1. The summed E-state index contributed by atoms with van der Waals surface area (Å²) < 4.78 is 14.0. The van der Waals surface area contributed by atoms with Gasteiger partial charge < -0.3 is 9.15 Å². The highest BCUT2D eigenvalue weighted by molar-refractivity contribution is 7.99. The van der Waals surface area contributed by atoms with Crippen LogP contribution in [-0.4, -0.2) is 25.0 Å². The lowest BCUT2D eigenvalue weighted by Gasteiger charge is -2.12. The predicted molar refractivity (Wildman–Crippen MR) is 118 cm³/mol. The average molecular weight is 454 g/mol. The third kappa shape index (κ3) is 4.45. The van der Waals surface area contributed by atoms with Crippen molar-refractivity contribution in [2.75, 3.05) is 0 Å². The second-order valence-electron chi connectivity index (χ2n) is 7.29. The van der Waals surface area contributed by atoms with Crippen molar-refractivity contribution < 1.29 is 9.15 Å². The molecule has 158 valence electrons. The first-order chi connectivity index (χ1) is 15.2. The van der Waals surface area contributed by atoms with Crippen molar-refractivity contribution in [2.45, 2.75) is 42.8 Å². The van der Waals surface area contributed by atoms with Gasteiger partial charge in [0.25, 0.3) is 0 Å². The van der Waals surface area contributed by atoms with E-state index in [0.29, 0.717) is 35.2 Å². The highest BCUT2D eigenvalue weighted by atomic mass is 35.5. The third-order valence-corrected chi connectivity index (χ3v) is 6.29. The molecule has 9 heteroatoms. The Balaban J connectivity index is 1.32. The monoisotopic (exact) mass is 453 g/mol. The van der Waals surface area contributed by atoms with Gasteiger partial charge in [-0.1, -0.05) is 53.7 Å². The van der Waals surface area contributed by atoms with E-state index < -0.39 is 0 Å². The van der Waals surface area contributed by atoms with Gasteiger partial charge >= 0.3 is 0 Å². The van der Waals surface area contributed by atoms with Crippen LogP contribution in [0.2, 0.25) is 5.02 Å². The van der Waals surface area contributed by atoms with E-state index in [4.69, 9.17) is 20.8 Å². The van der Waals surface area contributed by atoms with Crippen LogP contribution in [0.3, 0.4) is 0 Å². The molecular weight excluding hydrogens is 434 g/mol. The van der Waals surface area contributed by atoms with Crippen molar-refractivity contribution in [3.8, 4) is 17.2 Å². The molecule has 2 aromatic heterocycles. The van der Waals surface area contributed by atoms with Crippen LogP contribution in [0.15, 0.2) is 64.2 Å². The average Bonchev–Trinajstić information content (AvgIpc) is 3.36. The summed E-state index contributed by atoms with van der Waals surface area (Å²) in [6, 6.07) is 17.6. The maximum Gasteiger partial charge on any atom is 0.247 e. The minimum atomic E-state index is -0.0657. The zero-order valence-electron chi connectivity index (χ0n) is 16.8. The molecule has 0 unspecified atom stereocenters. The van der Waals surface area contributed by atoms with Crippen molar-refractivity contribution >= 4 is 23.4 Å². The molecule has 2 aromatic carbocycles. The lowest BCUT2D eigenvalue weighted by Crippen LogP contribution is -2.07. The Labute approximate surface area is 188 Å². The number of para-hydroxylation sites is 1. The van der Waals surface area contributed by atoms with E-state index in [1.54, 1.807) is 17.8 Å². The Kier molecular flexibility index (Phi) is 5.65. The summed E-state index contributed by atoms with van der Waals surface area (Å²) in [6.45, 7) is 2.33. The lowest BCUT2D eigenvalue weighted by molar-refractivity contribution is 0.288. The molecule has 0 amide bonds.